The minimum Gasteiger partial charge on any atom is -0.481 e. The number of hydrogen-bond acceptors (Lipinski definition) is 4. The molecule has 1 unspecified atom stereocenters. The van der Waals surface area contributed by atoms with Crippen LogP contribution in [0.5, 0.6) is 11.6 Å². The van der Waals surface area contributed by atoms with Crippen LogP contribution in [0.15, 0.2) is 42.6 Å². The second kappa shape index (κ2) is 6.01. The number of halogens is 3. The van der Waals surface area contributed by atoms with Crippen LogP contribution in [0, 0.1) is 0 Å². The van der Waals surface area contributed by atoms with Crippen LogP contribution in [-0.2, 0) is 0 Å². The molecule has 1 heterocycles. The highest BCUT2D eigenvalue weighted by atomic mass is 19.4. The van der Waals surface area contributed by atoms with Gasteiger partial charge in [0.25, 0.3) is 0 Å². The first kappa shape index (κ1) is 15.1. The van der Waals surface area contributed by atoms with Gasteiger partial charge in [-0.25, -0.2) is 4.98 Å². The predicted molar refractivity (Wildman–Crippen MR) is 68.0 cm³/mol. The van der Waals surface area contributed by atoms with Gasteiger partial charge in [-0.2, -0.15) is 0 Å². The summed E-state index contributed by atoms with van der Waals surface area (Å²) in [4.78, 5) is 3.93. The number of pyridine rings is 1. The fraction of sp³-hybridized carbons (Fsp3) is 0.214. The van der Waals surface area contributed by atoms with Crippen LogP contribution in [0.4, 0.5) is 13.2 Å². The molecule has 0 aliphatic heterocycles. The number of aliphatic hydroxyl groups is 1. The van der Waals surface area contributed by atoms with Crippen LogP contribution in [0.2, 0.25) is 0 Å². The van der Waals surface area contributed by atoms with E-state index < -0.39 is 12.5 Å². The summed E-state index contributed by atoms with van der Waals surface area (Å²) in [6.07, 6.45) is -4.49. The van der Waals surface area contributed by atoms with Gasteiger partial charge in [-0.3, -0.25) is 0 Å². The first-order chi connectivity index (χ1) is 9.89. The highest BCUT2D eigenvalue weighted by molar-refractivity contribution is 5.35. The second-order valence-corrected chi connectivity index (χ2v) is 4.16. The molecule has 0 amide bonds. The molecule has 21 heavy (non-hydrogen) atoms. The third-order valence-corrected chi connectivity index (χ3v) is 2.69. The Morgan fingerprint density at radius 1 is 1.14 bits per heavy atom. The molecule has 7 heteroatoms. The maximum Gasteiger partial charge on any atom is 0.573 e. The van der Waals surface area contributed by atoms with Crippen molar-refractivity contribution >= 4 is 0 Å². The largest absolute Gasteiger partial charge is 0.573 e. The van der Waals surface area contributed by atoms with E-state index in [4.69, 9.17) is 4.74 Å². The second-order valence-electron chi connectivity index (χ2n) is 4.16. The standard InChI is InChI=1S/C14H12F3NO3/c1-20-12-6-5-10(8-18-12)13(19)9-3-2-4-11(7-9)21-14(15,16)17/h2-8,13,19H,1H3. The molecule has 1 aromatic heterocycles. The Bertz CT molecular complexity index is 599. The Kier molecular flexibility index (Phi) is 4.32. The highest BCUT2D eigenvalue weighted by Crippen LogP contribution is 2.28. The summed E-state index contributed by atoms with van der Waals surface area (Å²) >= 11 is 0. The van der Waals surface area contributed by atoms with Crippen molar-refractivity contribution < 1.29 is 27.8 Å². The number of methoxy groups -OCH3 is 1. The van der Waals surface area contributed by atoms with Crippen molar-refractivity contribution in [1.29, 1.82) is 0 Å². The van der Waals surface area contributed by atoms with Crippen LogP contribution in [0.25, 0.3) is 0 Å². The molecule has 1 aromatic carbocycles. The van der Waals surface area contributed by atoms with E-state index in [1.54, 1.807) is 12.1 Å². The number of ether oxygens (including phenoxy) is 2. The van der Waals surface area contributed by atoms with Gasteiger partial charge in [0, 0.05) is 17.8 Å². The lowest BCUT2D eigenvalue weighted by atomic mass is 10.0. The van der Waals surface area contributed by atoms with Crippen molar-refractivity contribution in [1.82, 2.24) is 4.98 Å². The third kappa shape index (κ3) is 4.09. The normalized spacial score (nSPS) is 12.8. The number of hydrogen-bond donors (Lipinski definition) is 1. The van der Waals surface area contributed by atoms with Gasteiger partial charge in [-0.15, -0.1) is 13.2 Å². The summed E-state index contributed by atoms with van der Waals surface area (Å²) in [6.45, 7) is 0. The molecular weight excluding hydrogens is 287 g/mol. The van der Waals surface area contributed by atoms with Crippen LogP contribution in [-0.4, -0.2) is 23.6 Å². The number of aromatic nitrogens is 1. The molecule has 1 N–H and O–H groups in total. The monoisotopic (exact) mass is 299 g/mol. The summed E-state index contributed by atoms with van der Waals surface area (Å²) in [7, 11) is 1.45. The molecule has 1 atom stereocenters. The van der Waals surface area contributed by atoms with E-state index in [2.05, 4.69) is 9.72 Å². The molecule has 0 aliphatic carbocycles. The molecule has 0 bridgehead atoms. The maximum absolute atomic E-state index is 12.2. The van der Waals surface area contributed by atoms with Gasteiger partial charge in [0.05, 0.1) is 7.11 Å². The third-order valence-electron chi connectivity index (χ3n) is 2.69. The lowest BCUT2D eigenvalue weighted by Gasteiger charge is -2.14. The Morgan fingerprint density at radius 3 is 2.48 bits per heavy atom. The highest BCUT2D eigenvalue weighted by Gasteiger charge is 2.31. The quantitative estimate of drug-likeness (QED) is 0.942. The van der Waals surface area contributed by atoms with E-state index in [-0.39, 0.29) is 11.3 Å². The summed E-state index contributed by atoms with van der Waals surface area (Å²) in [6, 6.07) is 8.29. The molecule has 0 fully saturated rings. The van der Waals surface area contributed by atoms with E-state index in [0.29, 0.717) is 11.4 Å². The zero-order valence-corrected chi connectivity index (χ0v) is 11.0. The van der Waals surface area contributed by atoms with Crippen molar-refractivity contribution in [2.45, 2.75) is 12.5 Å². The molecular formula is C14H12F3NO3. The maximum atomic E-state index is 12.2. The lowest BCUT2D eigenvalue weighted by molar-refractivity contribution is -0.274. The van der Waals surface area contributed by atoms with Crippen molar-refractivity contribution in [2.24, 2.45) is 0 Å². The van der Waals surface area contributed by atoms with Crippen molar-refractivity contribution in [2.75, 3.05) is 7.11 Å². The molecule has 0 radical (unpaired) electrons. The van der Waals surface area contributed by atoms with Crippen LogP contribution >= 0.6 is 0 Å². The van der Waals surface area contributed by atoms with Gasteiger partial charge in [0.2, 0.25) is 5.88 Å². The van der Waals surface area contributed by atoms with Gasteiger partial charge in [0.15, 0.2) is 0 Å². The fourth-order valence-corrected chi connectivity index (χ4v) is 1.75. The number of aliphatic hydroxyl groups excluding tert-OH is 1. The Morgan fingerprint density at radius 2 is 1.90 bits per heavy atom. The van der Waals surface area contributed by atoms with E-state index in [0.717, 1.165) is 12.1 Å². The number of benzene rings is 1. The van der Waals surface area contributed by atoms with Crippen LogP contribution in [0.3, 0.4) is 0 Å². The molecule has 2 aromatic rings. The average molecular weight is 299 g/mol. The van der Waals surface area contributed by atoms with Crippen LogP contribution in [0.1, 0.15) is 17.2 Å². The molecule has 0 spiro atoms. The minimum atomic E-state index is -4.77. The van der Waals surface area contributed by atoms with Crippen molar-refractivity contribution in [3.8, 4) is 11.6 Å². The topological polar surface area (TPSA) is 51.6 Å². The van der Waals surface area contributed by atoms with Crippen LogP contribution < -0.4 is 9.47 Å². The first-order valence-electron chi connectivity index (χ1n) is 5.93. The zero-order valence-electron chi connectivity index (χ0n) is 11.0. The van der Waals surface area contributed by atoms with Gasteiger partial charge >= 0.3 is 6.36 Å². The summed E-state index contributed by atoms with van der Waals surface area (Å²) in [5, 5.41) is 10.2. The Labute approximate surface area is 118 Å². The molecule has 112 valence electrons. The van der Waals surface area contributed by atoms with Gasteiger partial charge < -0.3 is 14.6 Å². The molecule has 4 nitrogen and oxygen atoms in total. The van der Waals surface area contributed by atoms with E-state index >= 15 is 0 Å². The van der Waals surface area contributed by atoms with Gasteiger partial charge in [0.1, 0.15) is 11.9 Å². The van der Waals surface area contributed by atoms with Gasteiger partial charge in [-0.1, -0.05) is 12.1 Å². The molecule has 2 rings (SSSR count). The van der Waals surface area contributed by atoms with E-state index in [1.165, 1.54) is 25.4 Å². The number of rotatable bonds is 4. The van der Waals surface area contributed by atoms with E-state index in [9.17, 15) is 18.3 Å². The summed E-state index contributed by atoms with van der Waals surface area (Å²) in [5.41, 5.74) is 0.698. The minimum absolute atomic E-state index is 0.267. The smallest absolute Gasteiger partial charge is 0.481 e. The van der Waals surface area contributed by atoms with E-state index in [1.807, 2.05) is 0 Å². The first-order valence-corrected chi connectivity index (χ1v) is 5.93. The van der Waals surface area contributed by atoms with Crippen molar-refractivity contribution in [3.05, 3.63) is 53.7 Å². The fourth-order valence-electron chi connectivity index (χ4n) is 1.75. The molecule has 0 aliphatic rings. The molecule has 0 saturated carbocycles. The predicted octanol–water partition coefficient (Wildman–Crippen LogP) is 3.07. The van der Waals surface area contributed by atoms with Gasteiger partial charge in [-0.05, 0) is 23.8 Å². The summed E-state index contributed by atoms with van der Waals surface area (Å²) in [5.74, 6) is -0.0133. The SMILES string of the molecule is COc1ccc(C(O)c2cccc(OC(F)(F)F)c2)cn1. The zero-order chi connectivity index (χ0) is 15.5. The Hall–Kier alpha value is -2.28. The molecule has 0 saturated heterocycles. The summed E-state index contributed by atoms with van der Waals surface area (Å²) < 4.78 is 45.2. The lowest BCUT2D eigenvalue weighted by Crippen LogP contribution is -2.17. The average Bonchev–Trinajstić information content (AvgIpc) is 2.45. The number of alkyl halides is 3. The van der Waals surface area contributed by atoms with Crippen molar-refractivity contribution in [3.63, 3.8) is 0 Å². The Balaban J connectivity index is 2.22. The number of nitrogens with zero attached hydrogens (tertiary/aromatic N) is 1.